The van der Waals surface area contributed by atoms with E-state index in [0.717, 1.165) is 6.54 Å². The van der Waals surface area contributed by atoms with E-state index in [1.165, 1.54) is 19.2 Å². The Kier molecular flexibility index (Phi) is 7.20. The molecule has 0 saturated heterocycles. The number of ether oxygens (including phenoxy) is 1. The van der Waals surface area contributed by atoms with Gasteiger partial charge in [-0.1, -0.05) is 13.0 Å². The summed E-state index contributed by atoms with van der Waals surface area (Å²) in [6.45, 7) is 5.69. The highest BCUT2D eigenvalue weighted by atomic mass is 32.2. The van der Waals surface area contributed by atoms with Crippen LogP contribution < -0.4 is 20.1 Å². The minimum atomic E-state index is -3.82. The molecule has 0 atom stereocenters. The van der Waals surface area contributed by atoms with E-state index in [0.29, 0.717) is 35.7 Å². The van der Waals surface area contributed by atoms with E-state index < -0.39 is 10.0 Å². The summed E-state index contributed by atoms with van der Waals surface area (Å²) in [5, 5.41) is 5.90. The van der Waals surface area contributed by atoms with E-state index in [1.54, 1.807) is 37.3 Å². The van der Waals surface area contributed by atoms with Crippen molar-refractivity contribution in [1.82, 2.24) is 10.6 Å². The van der Waals surface area contributed by atoms with Gasteiger partial charge in [0.2, 0.25) is 0 Å². The fraction of sp³-hybridized carbons (Fsp3) is 0.316. The Morgan fingerprint density at radius 3 is 2.41 bits per heavy atom. The fourth-order valence-electron chi connectivity index (χ4n) is 2.42. The number of methoxy groups -OCH3 is 1. The van der Waals surface area contributed by atoms with Crippen LogP contribution in [0.2, 0.25) is 0 Å². The smallest absolute Gasteiger partial charge is 0.261 e. The van der Waals surface area contributed by atoms with Crippen LogP contribution in [0.4, 0.5) is 5.69 Å². The van der Waals surface area contributed by atoms with Crippen molar-refractivity contribution in [3.63, 3.8) is 0 Å². The van der Waals surface area contributed by atoms with Crippen molar-refractivity contribution in [3.05, 3.63) is 53.6 Å². The fourth-order valence-corrected chi connectivity index (χ4v) is 3.51. The molecular weight excluding hydrogens is 366 g/mol. The average molecular weight is 391 g/mol. The number of amides is 1. The molecule has 7 nitrogen and oxygen atoms in total. The Morgan fingerprint density at radius 2 is 1.78 bits per heavy atom. The van der Waals surface area contributed by atoms with Crippen LogP contribution in [0.1, 0.15) is 22.8 Å². The number of rotatable bonds is 9. The number of likely N-dealkylation sites (N-methyl/N-ethyl adjacent to an activating group) is 1. The number of hydrogen-bond donors (Lipinski definition) is 3. The third-order valence-corrected chi connectivity index (χ3v) is 5.32. The van der Waals surface area contributed by atoms with Crippen molar-refractivity contribution in [3.8, 4) is 5.75 Å². The van der Waals surface area contributed by atoms with Gasteiger partial charge in [-0.15, -0.1) is 0 Å². The van der Waals surface area contributed by atoms with Gasteiger partial charge in [-0.2, -0.15) is 0 Å². The van der Waals surface area contributed by atoms with Crippen molar-refractivity contribution in [1.29, 1.82) is 0 Å². The predicted molar refractivity (Wildman–Crippen MR) is 106 cm³/mol. The molecule has 0 aromatic heterocycles. The van der Waals surface area contributed by atoms with Crippen LogP contribution in [0.3, 0.4) is 0 Å². The first-order valence-electron chi connectivity index (χ1n) is 8.64. The monoisotopic (exact) mass is 391 g/mol. The summed E-state index contributed by atoms with van der Waals surface area (Å²) in [7, 11) is -2.28. The van der Waals surface area contributed by atoms with E-state index in [9.17, 15) is 13.2 Å². The minimum Gasteiger partial charge on any atom is -0.497 e. The highest BCUT2D eigenvalue weighted by Gasteiger charge is 2.18. The average Bonchev–Trinajstić information content (AvgIpc) is 2.65. The molecule has 0 aliphatic heterocycles. The second-order valence-corrected chi connectivity index (χ2v) is 7.60. The summed E-state index contributed by atoms with van der Waals surface area (Å²) in [5.41, 5.74) is 1.46. The molecule has 2 aromatic rings. The Bertz CT molecular complexity index is 880. The van der Waals surface area contributed by atoms with Gasteiger partial charge in [-0.3, -0.25) is 9.52 Å². The predicted octanol–water partition coefficient (Wildman–Crippen LogP) is 2.14. The molecule has 0 aliphatic rings. The summed E-state index contributed by atoms with van der Waals surface area (Å²) in [5.74, 6) is 0.330. The lowest BCUT2D eigenvalue weighted by molar-refractivity contribution is 0.0953. The molecule has 8 heteroatoms. The number of carbonyl (C=O) groups excluding carboxylic acids is 1. The maximum atomic E-state index is 12.7. The molecule has 2 aromatic carbocycles. The van der Waals surface area contributed by atoms with E-state index in [4.69, 9.17) is 4.74 Å². The number of hydrogen-bond acceptors (Lipinski definition) is 5. The van der Waals surface area contributed by atoms with Gasteiger partial charge in [0, 0.05) is 24.3 Å². The van der Waals surface area contributed by atoms with E-state index in [1.807, 2.05) is 6.92 Å². The van der Waals surface area contributed by atoms with Gasteiger partial charge in [-0.05, 0) is 55.4 Å². The normalized spacial score (nSPS) is 11.1. The zero-order valence-corrected chi connectivity index (χ0v) is 16.5. The molecular formula is C19H25N3O4S. The number of aryl methyl sites for hydroxylation is 1. The van der Waals surface area contributed by atoms with Crippen LogP contribution in [0.25, 0.3) is 0 Å². The van der Waals surface area contributed by atoms with Crippen molar-refractivity contribution in [2.45, 2.75) is 18.7 Å². The molecule has 0 saturated carbocycles. The minimum absolute atomic E-state index is 0.0285. The molecule has 0 heterocycles. The first kappa shape index (κ1) is 20.7. The summed E-state index contributed by atoms with van der Waals surface area (Å²) in [4.78, 5) is 12.4. The number of benzene rings is 2. The van der Waals surface area contributed by atoms with E-state index >= 15 is 0 Å². The zero-order valence-electron chi connectivity index (χ0n) is 15.7. The van der Waals surface area contributed by atoms with E-state index in [-0.39, 0.29) is 10.8 Å². The summed E-state index contributed by atoms with van der Waals surface area (Å²) in [6, 6.07) is 11.0. The maximum absolute atomic E-state index is 12.7. The van der Waals surface area contributed by atoms with Gasteiger partial charge >= 0.3 is 0 Å². The SMILES string of the molecule is CCNCCNC(=O)c1cc(S(=O)(=O)Nc2ccc(OC)cc2)ccc1C. The zero-order chi connectivity index (χ0) is 19.9. The quantitative estimate of drug-likeness (QED) is 0.569. The Morgan fingerprint density at radius 1 is 1.07 bits per heavy atom. The lowest BCUT2D eigenvalue weighted by atomic mass is 10.1. The standard InChI is InChI=1S/C19H25N3O4S/c1-4-20-11-12-21-19(23)18-13-17(10-5-14(18)2)27(24,25)22-15-6-8-16(26-3)9-7-15/h5-10,13,20,22H,4,11-12H2,1-3H3,(H,21,23). The van der Waals surface area contributed by atoms with Crippen LogP contribution >= 0.6 is 0 Å². The van der Waals surface area contributed by atoms with Crippen molar-refractivity contribution >= 4 is 21.6 Å². The highest BCUT2D eigenvalue weighted by molar-refractivity contribution is 7.92. The second-order valence-electron chi connectivity index (χ2n) is 5.92. The van der Waals surface area contributed by atoms with E-state index in [2.05, 4.69) is 15.4 Å². The first-order valence-corrected chi connectivity index (χ1v) is 10.1. The third-order valence-electron chi connectivity index (χ3n) is 3.94. The molecule has 3 N–H and O–H groups in total. The molecule has 27 heavy (non-hydrogen) atoms. The van der Waals surface area contributed by atoms with Gasteiger partial charge in [0.25, 0.3) is 15.9 Å². The second kappa shape index (κ2) is 9.38. The van der Waals surface area contributed by atoms with Crippen LogP contribution in [0.5, 0.6) is 5.75 Å². The molecule has 146 valence electrons. The Hall–Kier alpha value is -2.58. The number of carbonyl (C=O) groups is 1. The van der Waals surface area contributed by atoms with Gasteiger partial charge in [-0.25, -0.2) is 8.42 Å². The van der Waals surface area contributed by atoms with Gasteiger partial charge in [0.1, 0.15) is 5.75 Å². The molecule has 0 spiro atoms. The van der Waals surface area contributed by atoms with Crippen molar-refractivity contribution < 1.29 is 17.9 Å². The molecule has 0 fully saturated rings. The van der Waals surface area contributed by atoms with Crippen LogP contribution in [-0.4, -0.2) is 41.1 Å². The highest BCUT2D eigenvalue weighted by Crippen LogP contribution is 2.21. The molecule has 2 rings (SSSR count). The molecule has 0 radical (unpaired) electrons. The van der Waals surface area contributed by atoms with Crippen LogP contribution in [0, 0.1) is 6.92 Å². The van der Waals surface area contributed by atoms with Crippen molar-refractivity contribution in [2.24, 2.45) is 0 Å². The Balaban J connectivity index is 2.17. The summed E-state index contributed by atoms with van der Waals surface area (Å²) < 4.78 is 32.9. The maximum Gasteiger partial charge on any atom is 0.261 e. The molecule has 1 amide bonds. The van der Waals surface area contributed by atoms with Crippen LogP contribution in [-0.2, 0) is 10.0 Å². The Labute approximate surface area is 160 Å². The van der Waals surface area contributed by atoms with Crippen molar-refractivity contribution in [2.75, 3.05) is 31.5 Å². The third kappa shape index (κ3) is 5.70. The molecule has 0 unspecified atom stereocenters. The largest absolute Gasteiger partial charge is 0.497 e. The topological polar surface area (TPSA) is 96.5 Å². The lowest BCUT2D eigenvalue weighted by Crippen LogP contribution is -2.32. The number of anilines is 1. The van der Waals surface area contributed by atoms with Gasteiger partial charge < -0.3 is 15.4 Å². The summed E-state index contributed by atoms with van der Waals surface area (Å²) >= 11 is 0. The number of sulfonamides is 1. The van der Waals surface area contributed by atoms with Gasteiger partial charge in [0.05, 0.1) is 12.0 Å². The summed E-state index contributed by atoms with van der Waals surface area (Å²) in [6.07, 6.45) is 0. The molecule has 0 bridgehead atoms. The first-order chi connectivity index (χ1) is 12.9. The number of nitrogens with one attached hydrogen (secondary N) is 3. The van der Waals surface area contributed by atoms with Gasteiger partial charge in [0.15, 0.2) is 0 Å². The molecule has 0 aliphatic carbocycles. The lowest BCUT2D eigenvalue weighted by Gasteiger charge is -2.12. The van der Waals surface area contributed by atoms with Crippen LogP contribution in [0.15, 0.2) is 47.4 Å².